The summed E-state index contributed by atoms with van der Waals surface area (Å²) < 4.78 is 47.0. The molecule has 1 aromatic heterocycles. The molecule has 1 N–H and O–H groups in total. The zero-order chi connectivity index (χ0) is 20.2. The van der Waals surface area contributed by atoms with E-state index in [4.69, 9.17) is 9.84 Å². The number of hydrogen-bond donors (Lipinski definition) is 1. The maximum atomic E-state index is 14.1. The minimum absolute atomic E-state index is 0.00667. The Hall–Kier alpha value is -3.14. The molecule has 0 saturated carbocycles. The van der Waals surface area contributed by atoms with Gasteiger partial charge in [-0.3, -0.25) is 9.59 Å². The van der Waals surface area contributed by atoms with Crippen LogP contribution in [0.4, 0.5) is 24.0 Å². The van der Waals surface area contributed by atoms with Gasteiger partial charge in [0.25, 0.3) is 5.91 Å². The minimum Gasteiger partial charge on any atom is -0.481 e. The number of rotatable bonds is 3. The van der Waals surface area contributed by atoms with Crippen LogP contribution in [-0.4, -0.2) is 27.6 Å². The van der Waals surface area contributed by atoms with Gasteiger partial charge in [-0.25, -0.2) is 23.1 Å². The molecule has 1 atom stereocenters. The highest BCUT2D eigenvalue weighted by Gasteiger charge is 2.48. The van der Waals surface area contributed by atoms with E-state index in [1.807, 2.05) is 0 Å². The molecule has 2 heterocycles. The van der Waals surface area contributed by atoms with E-state index in [0.717, 1.165) is 34.4 Å². The quantitative estimate of drug-likeness (QED) is 0.709. The average molecular weight is 408 g/mol. The molecule has 1 amide bonds. The first-order valence-corrected chi connectivity index (χ1v) is 8.80. The number of amides is 1. The van der Waals surface area contributed by atoms with Crippen molar-refractivity contribution >= 4 is 44.2 Å². The van der Waals surface area contributed by atoms with Crippen molar-refractivity contribution in [2.45, 2.75) is 18.9 Å². The van der Waals surface area contributed by atoms with Crippen LogP contribution in [0.25, 0.3) is 10.2 Å². The van der Waals surface area contributed by atoms with Crippen LogP contribution in [0.15, 0.2) is 30.3 Å². The summed E-state index contributed by atoms with van der Waals surface area (Å²) in [6.45, 7) is 1.29. The predicted octanol–water partition coefficient (Wildman–Crippen LogP) is 4.00. The second-order valence-electron chi connectivity index (χ2n) is 6.39. The summed E-state index contributed by atoms with van der Waals surface area (Å²) in [5.74, 6) is -4.38. The molecule has 1 unspecified atom stereocenters. The zero-order valence-corrected chi connectivity index (χ0v) is 15.0. The second-order valence-corrected chi connectivity index (χ2v) is 7.37. The number of carbonyl (C=O) groups excluding carboxylic acids is 1. The molecule has 0 fully saturated rings. The van der Waals surface area contributed by atoms with Gasteiger partial charge < -0.3 is 9.84 Å². The largest absolute Gasteiger partial charge is 0.481 e. The molecule has 4 rings (SSSR count). The molecule has 6 nitrogen and oxygen atoms in total. The Bertz CT molecular complexity index is 1150. The summed E-state index contributed by atoms with van der Waals surface area (Å²) in [6.07, 6.45) is -0.660. The molecule has 0 bridgehead atoms. The Labute approximate surface area is 159 Å². The fourth-order valence-electron chi connectivity index (χ4n) is 3.02. The number of ether oxygens (including phenoxy) is 1. The molecule has 1 aliphatic rings. The molecule has 3 aromatic rings. The molecule has 144 valence electrons. The van der Waals surface area contributed by atoms with Crippen LogP contribution in [-0.2, 0) is 9.59 Å². The highest BCUT2D eigenvalue weighted by molar-refractivity contribution is 7.22. The number of fused-ring (bicyclic) bond motifs is 2. The Morgan fingerprint density at radius 2 is 2.00 bits per heavy atom. The third kappa shape index (κ3) is 2.85. The number of aliphatic carboxylic acids is 1. The van der Waals surface area contributed by atoms with E-state index < -0.39 is 41.4 Å². The number of benzene rings is 2. The molecule has 2 aromatic carbocycles. The number of carboxylic acid groups (broad SMARTS) is 1. The molecular formula is C18H11F3N2O4S. The fraction of sp³-hybridized carbons (Fsp3) is 0.167. The molecule has 0 aliphatic carbocycles. The lowest BCUT2D eigenvalue weighted by Gasteiger charge is -2.38. The van der Waals surface area contributed by atoms with Gasteiger partial charge in [-0.2, -0.15) is 0 Å². The minimum atomic E-state index is -1.79. The SMILES string of the molecule is CC1(CC(=O)O)Oc2ccc(F)cc2N(c2nc3cc(F)cc(F)c3s2)C1=O. The van der Waals surface area contributed by atoms with E-state index in [9.17, 15) is 22.8 Å². The normalized spacial score (nSPS) is 18.9. The topological polar surface area (TPSA) is 79.7 Å². The van der Waals surface area contributed by atoms with Gasteiger partial charge in [0.2, 0.25) is 0 Å². The Balaban J connectivity index is 1.93. The first-order valence-electron chi connectivity index (χ1n) is 7.98. The summed E-state index contributed by atoms with van der Waals surface area (Å²) in [5, 5.41) is 9.10. The molecule has 28 heavy (non-hydrogen) atoms. The van der Waals surface area contributed by atoms with Crippen molar-refractivity contribution in [3.63, 3.8) is 0 Å². The van der Waals surface area contributed by atoms with E-state index in [0.29, 0.717) is 6.07 Å². The van der Waals surface area contributed by atoms with Gasteiger partial charge in [0.05, 0.1) is 22.3 Å². The third-order valence-electron chi connectivity index (χ3n) is 4.23. The number of aromatic nitrogens is 1. The number of thiazole rings is 1. The monoisotopic (exact) mass is 408 g/mol. The van der Waals surface area contributed by atoms with Crippen molar-refractivity contribution in [1.29, 1.82) is 0 Å². The van der Waals surface area contributed by atoms with E-state index in [1.54, 1.807) is 0 Å². The lowest BCUT2D eigenvalue weighted by atomic mass is 9.97. The van der Waals surface area contributed by atoms with E-state index in [1.165, 1.54) is 13.0 Å². The van der Waals surface area contributed by atoms with Crippen LogP contribution < -0.4 is 9.64 Å². The Kier molecular flexibility index (Phi) is 4.03. The van der Waals surface area contributed by atoms with Crippen molar-refractivity contribution < 1.29 is 32.6 Å². The maximum Gasteiger partial charge on any atom is 0.307 e. The molecule has 0 radical (unpaired) electrons. The number of nitrogens with zero attached hydrogens (tertiary/aromatic N) is 2. The van der Waals surface area contributed by atoms with Crippen molar-refractivity contribution in [3.8, 4) is 5.75 Å². The predicted molar refractivity (Wildman–Crippen MR) is 94.4 cm³/mol. The van der Waals surface area contributed by atoms with Crippen LogP contribution in [0, 0.1) is 17.5 Å². The van der Waals surface area contributed by atoms with Gasteiger partial charge >= 0.3 is 5.97 Å². The first-order chi connectivity index (χ1) is 13.2. The van der Waals surface area contributed by atoms with Crippen LogP contribution in [0.3, 0.4) is 0 Å². The zero-order valence-electron chi connectivity index (χ0n) is 14.2. The van der Waals surface area contributed by atoms with Crippen LogP contribution in [0.5, 0.6) is 5.75 Å². The summed E-state index contributed by atoms with van der Waals surface area (Å²) in [4.78, 5) is 29.4. The van der Waals surface area contributed by atoms with Crippen molar-refractivity contribution in [2.75, 3.05) is 4.90 Å². The highest BCUT2D eigenvalue weighted by Crippen LogP contribution is 2.45. The summed E-state index contributed by atoms with van der Waals surface area (Å²) in [7, 11) is 0. The lowest BCUT2D eigenvalue weighted by Crippen LogP contribution is -2.53. The first kappa shape index (κ1) is 18.2. The van der Waals surface area contributed by atoms with Crippen molar-refractivity contribution in [3.05, 3.63) is 47.8 Å². The van der Waals surface area contributed by atoms with Gasteiger partial charge in [-0.05, 0) is 19.1 Å². The summed E-state index contributed by atoms with van der Waals surface area (Å²) >= 11 is 0.759. The van der Waals surface area contributed by atoms with Gasteiger partial charge in [-0.15, -0.1) is 0 Å². The number of carbonyl (C=O) groups is 2. The van der Waals surface area contributed by atoms with Gasteiger partial charge in [0.15, 0.2) is 10.7 Å². The van der Waals surface area contributed by atoms with Crippen LogP contribution in [0.1, 0.15) is 13.3 Å². The van der Waals surface area contributed by atoms with E-state index >= 15 is 0 Å². The number of anilines is 2. The molecule has 0 spiro atoms. The van der Waals surface area contributed by atoms with Crippen molar-refractivity contribution in [2.24, 2.45) is 0 Å². The third-order valence-corrected chi connectivity index (χ3v) is 5.30. The summed E-state index contributed by atoms with van der Waals surface area (Å²) in [5.41, 5.74) is -1.82. The molecule has 0 saturated heterocycles. The number of hydrogen-bond acceptors (Lipinski definition) is 5. The highest BCUT2D eigenvalue weighted by atomic mass is 32.1. The molecule has 10 heteroatoms. The maximum absolute atomic E-state index is 14.1. The standard InChI is InChI=1S/C18H11F3N2O4S/c1-18(7-14(24)25)16(26)23(12-6-8(19)2-3-13(12)27-18)17-22-11-5-9(20)4-10(21)15(11)28-17/h2-6H,7H2,1H3,(H,24,25). The smallest absolute Gasteiger partial charge is 0.307 e. The van der Waals surface area contributed by atoms with Crippen molar-refractivity contribution in [1.82, 2.24) is 4.98 Å². The van der Waals surface area contributed by atoms with E-state index in [-0.39, 0.29) is 26.8 Å². The fourth-order valence-corrected chi connectivity index (χ4v) is 3.98. The Morgan fingerprint density at radius 1 is 1.25 bits per heavy atom. The molecule has 1 aliphatic heterocycles. The van der Waals surface area contributed by atoms with Crippen LogP contribution in [0.2, 0.25) is 0 Å². The van der Waals surface area contributed by atoms with Crippen LogP contribution >= 0.6 is 11.3 Å². The number of carboxylic acids is 1. The Morgan fingerprint density at radius 3 is 2.71 bits per heavy atom. The lowest BCUT2D eigenvalue weighted by molar-refractivity contribution is -0.148. The average Bonchev–Trinajstić information content (AvgIpc) is 2.99. The van der Waals surface area contributed by atoms with Gasteiger partial charge in [0, 0.05) is 18.2 Å². The second kappa shape index (κ2) is 6.20. The number of halogens is 3. The van der Waals surface area contributed by atoms with Gasteiger partial charge in [-0.1, -0.05) is 11.3 Å². The summed E-state index contributed by atoms with van der Waals surface area (Å²) in [6, 6.07) is 5.08. The van der Waals surface area contributed by atoms with Gasteiger partial charge in [0.1, 0.15) is 23.2 Å². The van der Waals surface area contributed by atoms with E-state index in [2.05, 4.69) is 4.98 Å². The molecular weight excluding hydrogens is 397 g/mol.